The molecule has 0 unspecified atom stereocenters. The van der Waals surface area contributed by atoms with Crippen LogP contribution in [-0.4, -0.2) is 39.8 Å². The van der Waals surface area contributed by atoms with Crippen molar-refractivity contribution >= 4 is 6.67 Å². The molecule has 0 saturated heterocycles. The molecule has 0 aliphatic carbocycles. The summed E-state index contributed by atoms with van der Waals surface area (Å²) < 4.78 is 11.3. The summed E-state index contributed by atoms with van der Waals surface area (Å²) in [6.45, 7) is 0. The number of phenols is 2. The van der Waals surface area contributed by atoms with E-state index in [0.29, 0.717) is 3.27 Å². The monoisotopic (exact) mass is 409 g/mol. The number of phenolic OH excluding ortho intramolecular Hbond substituents is 2. The number of ether oxygens (including phenoxy) is 2. The summed E-state index contributed by atoms with van der Waals surface area (Å²) in [5.74, 6) is 0.358. The second kappa shape index (κ2) is 9.02. The molecule has 2 N–H and O–H groups in total. The number of aromatic hydroxyl groups is 2. The molecule has 0 spiro atoms. The summed E-state index contributed by atoms with van der Waals surface area (Å²) in [7, 11) is 2.87. The Kier molecular flexibility index (Phi) is 8.55. The Hall–Kier alpha value is -1.11. The molecule has 2 rings (SSSR count). The van der Waals surface area contributed by atoms with Crippen LogP contribution in [-0.2, 0) is 23.2 Å². The molecule has 0 saturated carbocycles. The zero-order valence-corrected chi connectivity index (χ0v) is 15.0. The Morgan fingerprint density at radius 2 is 1.62 bits per heavy atom. The van der Waals surface area contributed by atoms with Gasteiger partial charge in [-0.1, -0.05) is 0 Å². The van der Waals surface area contributed by atoms with E-state index in [9.17, 15) is 10.2 Å². The molecular formula is C11H11Cl2N3O4Zr. The molecule has 7 nitrogen and oxygen atoms in total. The van der Waals surface area contributed by atoms with E-state index < -0.39 is 23.2 Å². The topological polar surface area (TPSA) is 97.6 Å². The zero-order valence-electron chi connectivity index (χ0n) is 11.0. The number of methoxy groups -OCH3 is 2. The molecule has 0 bridgehead atoms. The minimum atomic E-state index is -1.54. The summed E-state index contributed by atoms with van der Waals surface area (Å²) in [6.07, 6.45) is 1.52. The molecule has 112 valence electrons. The van der Waals surface area contributed by atoms with Gasteiger partial charge in [0.1, 0.15) is 0 Å². The minimum absolute atomic E-state index is 0. The number of aromatic nitrogens is 3. The molecule has 1 heterocycles. The van der Waals surface area contributed by atoms with Crippen molar-refractivity contribution in [2.75, 3.05) is 14.2 Å². The van der Waals surface area contributed by atoms with E-state index in [1.54, 1.807) is 6.07 Å². The van der Waals surface area contributed by atoms with Crippen LogP contribution in [0.1, 0.15) is 0 Å². The molecule has 0 amide bonds. The number of benzene rings is 1. The predicted molar refractivity (Wildman–Crippen MR) is 62.0 cm³/mol. The molecule has 0 radical (unpaired) electrons. The summed E-state index contributed by atoms with van der Waals surface area (Å²) in [5, 5.41) is 31.2. The van der Waals surface area contributed by atoms with E-state index in [0.717, 1.165) is 3.40 Å². The van der Waals surface area contributed by atoms with Crippen molar-refractivity contribution in [3.63, 3.8) is 0 Å². The van der Waals surface area contributed by atoms with E-state index in [1.165, 1.54) is 26.5 Å². The first-order chi connectivity index (χ1) is 9.17. The minimum Gasteiger partial charge on any atom is -1.00 e. The molecular weight excluding hydrogens is 400 g/mol. The first kappa shape index (κ1) is 19.9. The number of rotatable bonds is 4. The Morgan fingerprint density at radius 3 is 2.05 bits per heavy atom. The maximum Gasteiger partial charge on any atom is -1.00 e. The number of hydrogen-bond donors (Lipinski definition) is 2. The molecule has 2 aromatic rings. The van der Waals surface area contributed by atoms with Crippen molar-refractivity contribution in [3.8, 4) is 23.0 Å². The van der Waals surface area contributed by atoms with Crippen LogP contribution >= 0.6 is 0 Å². The average Bonchev–Trinajstić information content (AvgIpc) is 2.45. The summed E-state index contributed by atoms with van der Waals surface area (Å²) in [4.78, 5) is 0. The van der Waals surface area contributed by atoms with Crippen LogP contribution in [0.5, 0.6) is 23.0 Å². The van der Waals surface area contributed by atoms with Gasteiger partial charge in [0.05, 0.1) is 0 Å². The number of halogens is 2. The van der Waals surface area contributed by atoms with Gasteiger partial charge < -0.3 is 24.8 Å². The molecule has 0 fully saturated rings. The Bertz CT molecular complexity index is 561. The third-order valence-electron chi connectivity index (χ3n) is 2.40. The van der Waals surface area contributed by atoms with Crippen LogP contribution in [0, 0.1) is 0 Å². The average molecular weight is 411 g/mol. The van der Waals surface area contributed by atoms with Gasteiger partial charge in [-0.2, -0.15) is 0 Å². The molecule has 1 aromatic heterocycles. The number of hydrogen-bond acceptors (Lipinski definition) is 7. The van der Waals surface area contributed by atoms with Gasteiger partial charge in [0.25, 0.3) is 0 Å². The molecule has 21 heavy (non-hydrogen) atoms. The van der Waals surface area contributed by atoms with Crippen molar-refractivity contribution in [3.05, 3.63) is 18.3 Å². The van der Waals surface area contributed by atoms with Crippen LogP contribution < -0.4 is 41.0 Å². The summed E-state index contributed by atoms with van der Waals surface area (Å²) in [5.41, 5.74) is 0. The van der Waals surface area contributed by atoms with Gasteiger partial charge in [-0.15, -0.1) is 0 Å². The predicted octanol–water partition coefficient (Wildman–Crippen LogP) is -6.66. The molecule has 1 aromatic carbocycles. The first-order valence-electron chi connectivity index (χ1n) is 5.25. The van der Waals surface area contributed by atoms with Crippen LogP contribution in [0.3, 0.4) is 0 Å². The van der Waals surface area contributed by atoms with Crippen LogP contribution in [0.25, 0.3) is 0 Å². The van der Waals surface area contributed by atoms with Gasteiger partial charge in [0.15, 0.2) is 0 Å². The smallest absolute Gasteiger partial charge is 1.00 e. The molecule has 0 atom stereocenters. The van der Waals surface area contributed by atoms with E-state index in [4.69, 9.17) is 9.47 Å². The zero-order chi connectivity index (χ0) is 13.8. The molecule has 0 aliphatic heterocycles. The Morgan fingerprint density at radius 1 is 1.05 bits per heavy atom. The first-order valence-corrected chi connectivity index (χ1v) is 7.71. The Balaban J connectivity index is 0.00000200. The van der Waals surface area contributed by atoms with E-state index in [2.05, 4.69) is 15.4 Å². The van der Waals surface area contributed by atoms with Crippen LogP contribution in [0.4, 0.5) is 0 Å². The second-order valence-electron chi connectivity index (χ2n) is 3.48. The largest absolute Gasteiger partial charge is 1.00 e. The third kappa shape index (κ3) is 4.43. The van der Waals surface area contributed by atoms with Gasteiger partial charge in [-0.25, -0.2) is 0 Å². The Labute approximate surface area is 145 Å². The fraction of sp³-hybridized carbons (Fsp3) is 0.182. The van der Waals surface area contributed by atoms with E-state index >= 15 is 0 Å². The maximum absolute atomic E-state index is 10.1. The van der Waals surface area contributed by atoms with Crippen LogP contribution in [0.15, 0.2) is 18.3 Å². The van der Waals surface area contributed by atoms with Crippen molar-refractivity contribution < 1.29 is 67.7 Å². The quantitative estimate of drug-likeness (QED) is 0.516. The van der Waals surface area contributed by atoms with Crippen molar-refractivity contribution in [1.82, 2.24) is 15.4 Å². The SMILES string of the molecule is COc1cc(OC)c(O)[c]([Zr+2][c]2ccnnn2)c1O.[Cl-].[Cl-]. The maximum atomic E-state index is 10.1. The van der Waals surface area contributed by atoms with Gasteiger partial charge in [0, 0.05) is 0 Å². The van der Waals surface area contributed by atoms with Crippen molar-refractivity contribution in [2.24, 2.45) is 0 Å². The second-order valence-corrected chi connectivity index (χ2v) is 6.59. The van der Waals surface area contributed by atoms with Gasteiger partial charge in [0.2, 0.25) is 0 Å². The molecule has 0 aliphatic rings. The fourth-order valence-electron chi connectivity index (χ4n) is 1.48. The van der Waals surface area contributed by atoms with Gasteiger partial charge >= 0.3 is 121 Å². The van der Waals surface area contributed by atoms with Crippen molar-refractivity contribution in [2.45, 2.75) is 0 Å². The third-order valence-corrected chi connectivity index (χ3v) is 5.46. The summed E-state index contributed by atoms with van der Waals surface area (Å²) >= 11 is -1.54. The summed E-state index contributed by atoms with van der Waals surface area (Å²) in [6, 6.07) is 3.15. The van der Waals surface area contributed by atoms with E-state index in [1.807, 2.05) is 0 Å². The van der Waals surface area contributed by atoms with Crippen LogP contribution in [0.2, 0.25) is 0 Å². The van der Waals surface area contributed by atoms with Gasteiger partial charge in [-0.3, -0.25) is 0 Å². The fourth-order valence-corrected chi connectivity index (χ4v) is 3.92. The van der Waals surface area contributed by atoms with Crippen molar-refractivity contribution in [1.29, 1.82) is 0 Å². The normalized spacial score (nSPS) is 8.86. The van der Waals surface area contributed by atoms with E-state index in [-0.39, 0.29) is 47.8 Å². The number of nitrogens with zero attached hydrogens (tertiary/aromatic N) is 3. The van der Waals surface area contributed by atoms with Gasteiger partial charge in [-0.05, 0) is 0 Å². The molecule has 10 heteroatoms. The standard InChI is InChI=1S/C8H9O4.C3H2N3.2ClH.Zr/c1-11-7-4-8(12-2)6(10)3-5(7)9;1-2-4-6-5-3-1;;;/h4,9-10H,1-2H3;1-2H;2*1H;/q;;;;+2/p-2.